The van der Waals surface area contributed by atoms with Gasteiger partial charge in [0.1, 0.15) is 5.69 Å². The molecule has 0 saturated carbocycles. The number of piperazine rings is 1. The van der Waals surface area contributed by atoms with E-state index in [0.29, 0.717) is 24.7 Å². The van der Waals surface area contributed by atoms with Crippen LogP contribution >= 0.6 is 0 Å². The summed E-state index contributed by atoms with van der Waals surface area (Å²) in [4.78, 5) is 14.7. The van der Waals surface area contributed by atoms with Crippen LogP contribution in [0.1, 0.15) is 26.7 Å². The molecule has 2 aliphatic rings. The Kier molecular flexibility index (Phi) is 6.02. The summed E-state index contributed by atoms with van der Waals surface area (Å²) in [6, 6.07) is 4.37. The van der Waals surface area contributed by atoms with Gasteiger partial charge in [0.05, 0.1) is 42.5 Å². The number of nitro benzene ring substituents is 1. The Labute approximate surface area is 160 Å². The second-order valence-electron chi connectivity index (χ2n) is 7.61. The third-order valence-electron chi connectivity index (χ3n) is 5.71. The molecule has 0 unspecified atom stereocenters. The number of benzene rings is 1. The third-order valence-corrected chi connectivity index (χ3v) is 7.57. The SMILES string of the molecule is CC[NH+]1CCN(c2ccc(S(=O)(=O)N3CCC[C@H](C)C3)cc2[N+](=O)[O-])CC1. The molecule has 2 saturated heterocycles. The van der Waals surface area contributed by atoms with Gasteiger partial charge in [0, 0.05) is 19.2 Å². The van der Waals surface area contributed by atoms with Gasteiger partial charge in [0.25, 0.3) is 5.69 Å². The first-order chi connectivity index (χ1) is 12.8. The van der Waals surface area contributed by atoms with Gasteiger partial charge in [-0.15, -0.1) is 0 Å². The summed E-state index contributed by atoms with van der Waals surface area (Å²) in [6.45, 7) is 9.49. The molecule has 2 aliphatic heterocycles. The lowest BCUT2D eigenvalue weighted by atomic mass is 10.0. The molecular formula is C18H29N4O4S+. The summed E-state index contributed by atoms with van der Waals surface area (Å²) in [5.74, 6) is 0.306. The number of nitro groups is 1. The van der Waals surface area contributed by atoms with E-state index in [1.165, 1.54) is 21.3 Å². The molecular weight excluding hydrogens is 368 g/mol. The number of piperidine rings is 1. The van der Waals surface area contributed by atoms with E-state index in [4.69, 9.17) is 0 Å². The van der Waals surface area contributed by atoms with Crippen LogP contribution in [0.15, 0.2) is 23.1 Å². The predicted molar refractivity (Wildman–Crippen MR) is 104 cm³/mol. The van der Waals surface area contributed by atoms with Crippen molar-refractivity contribution in [1.29, 1.82) is 0 Å². The van der Waals surface area contributed by atoms with Crippen LogP contribution in [0.25, 0.3) is 0 Å². The number of hydrogen-bond donors (Lipinski definition) is 1. The Morgan fingerprint density at radius 3 is 2.56 bits per heavy atom. The molecule has 1 N–H and O–H groups in total. The zero-order valence-electron chi connectivity index (χ0n) is 16.1. The van der Waals surface area contributed by atoms with Gasteiger partial charge >= 0.3 is 0 Å². The highest BCUT2D eigenvalue weighted by molar-refractivity contribution is 7.89. The predicted octanol–water partition coefficient (Wildman–Crippen LogP) is 0.740. The first-order valence-electron chi connectivity index (χ1n) is 9.70. The van der Waals surface area contributed by atoms with E-state index in [1.807, 2.05) is 11.8 Å². The molecule has 2 fully saturated rings. The van der Waals surface area contributed by atoms with Gasteiger partial charge in [-0.2, -0.15) is 4.31 Å². The fraction of sp³-hybridized carbons (Fsp3) is 0.667. The van der Waals surface area contributed by atoms with Gasteiger partial charge in [-0.05, 0) is 37.8 Å². The molecule has 150 valence electrons. The van der Waals surface area contributed by atoms with E-state index >= 15 is 0 Å². The monoisotopic (exact) mass is 397 g/mol. The van der Waals surface area contributed by atoms with Gasteiger partial charge in [-0.1, -0.05) is 6.92 Å². The van der Waals surface area contributed by atoms with Crippen LogP contribution in [0.5, 0.6) is 0 Å². The molecule has 0 radical (unpaired) electrons. The third kappa shape index (κ3) is 4.25. The van der Waals surface area contributed by atoms with E-state index in [0.717, 1.165) is 45.6 Å². The van der Waals surface area contributed by atoms with Gasteiger partial charge < -0.3 is 9.80 Å². The van der Waals surface area contributed by atoms with Crippen molar-refractivity contribution in [3.05, 3.63) is 28.3 Å². The molecule has 9 heteroatoms. The molecule has 1 aromatic carbocycles. The van der Waals surface area contributed by atoms with Crippen LogP contribution in [0.2, 0.25) is 0 Å². The van der Waals surface area contributed by atoms with Crippen LogP contribution in [0.3, 0.4) is 0 Å². The maximum atomic E-state index is 13.0. The van der Waals surface area contributed by atoms with E-state index < -0.39 is 14.9 Å². The molecule has 0 aliphatic carbocycles. The molecule has 1 aromatic rings. The number of likely N-dealkylation sites (N-methyl/N-ethyl adjacent to an activating group) is 1. The maximum Gasteiger partial charge on any atom is 0.293 e. The fourth-order valence-electron chi connectivity index (χ4n) is 4.01. The second-order valence-corrected chi connectivity index (χ2v) is 9.55. The summed E-state index contributed by atoms with van der Waals surface area (Å²) in [5, 5.41) is 11.7. The van der Waals surface area contributed by atoms with Crippen LogP contribution in [0, 0.1) is 16.0 Å². The maximum absolute atomic E-state index is 13.0. The van der Waals surface area contributed by atoms with Crippen molar-refractivity contribution in [2.45, 2.75) is 31.6 Å². The molecule has 0 amide bonds. The van der Waals surface area contributed by atoms with Gasteiger partial charge in [0.15, 0.2) is 0 Å². The Balaban J connectivity index is 1.88. The standard InChI is InChI=1S/C18H28N4O4S/c1-3-19-9-11-20(12-10-19)17-7-6-16(13-18(17)22(23)24)27(25,26)21-8-4-5-15(2)14-21/h6-7,13,15H,3-5,8-12,14H2,1-2H3/p+1/t15-/m0/s1. The topological polar surface area (TPSA) is 88.2 Å². The van der Waals surface area contributed by atoms with E-state index in [-0.39, 0.29) is 10.6 Å². The van der Waals surface area contributed by atoms with Crippen molar-refractivity contribution in [1.82, 2.24) is 4.31 Å². The molecule has 27 heavy (non-hydrogen) atoms. The van der Waals surface area contributed by atoms with Gasteiger partial charge in [-0.25, -0.2) is 8.42 Å². The van der Waals surface area contributed by atoms with Crippen LogP contribution < -0.4 is 9.80 Å². The molecule has 0 spiro atoms. The lowest BCUT2D eigenvalue weighted by Crippen LogP contribution is -3.14. The minimum absolute atomic E-state index is 0.0184. The highest BCUT2D eigenvalue weighted by atomic mass is 32.2. The number of nitrogens with zero attached hydrogens (tertiary/aromatic N) is 3. The molecule has 8 nitrogen and oxygen atoms in total. The Morgan fingerprint density at radius 1 is 1.26 bits per heavy atom. The number of quaternary nitrogens is 1. The lowest BCUT2D eigenvalue weighted by molar-refractivity contribution is -0.898. The molecule has 3 rings (SSSR count). The average Bonchev–Trinajstić information content (AvgIpc) is 2.67. The quantitative estimate of drug-likeness (QED) is 0.585. The Bertz CT molecular complexity index is 791. The van der Waals surface area contributed by atoms with Crippen molar-refractivity contribution in [2.24, 2.45) is 5.92 Å². The summed E-state index contributed by atoms with van der Waals surface area (Å²) >= 11 is 0. The van der Waals surface area contributed by atoms with Crippen molar-refractivity contribution < 1.29 is 18.2 Å². The fourth-order valence-corrected chi connectivity index (χ4v) is 5.63. The van der Waals surface area contributed by atoms with Crippen molar-refractivity contribution >= 4 is 21.4 Å². The summed E-state index contributed by atoms with van der Waals surface area (Å²) in [5.41, 5.74) is 0.391. The minimum atomic E-state index is -3.70. The lowest BCUT2D eigenvalue weighted by Gasteiger charge is -2.33. The molecule has 0 bridgehead atoms. The highest BCUT2D eigenvalue weighted by Crippen LogP contribution is 2.33. The summed E-state index contributed by atoms with van der Waals surface area (Å²) < 4.78 is 27.4. The first kappa shape index (κ1) is 20.0. The van der Waals surface area contributed by atoms with Crippen molar-refractivity contribution in [3.63, 3.8) is 0 Å². The molecule has 0 aromatic heterocycles. The van der Waals surface area contributed by atoms with Crippen LogP contribution in [-0.4, -0.2) is 63.5 Å². The smallest absolute Gasteiger partial charge is 0.293 e. The minimum Gasteiger partial charge on any atom is -0.355 e. The average molecular weight is 398 g/mol. The number of hydrogen-bond acceptors (Lipinski definition) is 5. The van der Waals surface area contributed by atoms with Crippen LogP contribution in [0.4, 0.5) is 11.4 Å². The normalized spacial score (nSPS) is 22.7. The van der Waals surface area contributed by atoms with E-state index in [9.17, 15) is 18.5 Å². The zero-order chi connectivity index (χ0) is 19.6. The Morgan fingerprint density at radius 2 is 1.96 bits per heavy atom. The largest absolute Gasteiger partial charge is 0.355 e. The number of rotatable bonds is 5. The zero-order valence-corrected chi connectivity index (χ0v) is 16.9. The molecule has 2 heterocycles. The van der Waals surface area contributed by atoms with Gasteiger partial charge in [0.2, 0.25) is 10.0 Å². The van der Waals surface area contributed by atoms with E-state index in [2.05, 4.69) is 6.92 Å². The van der Waals surface area contributed by atoms with Gasteiger partial charge in [-0.3, -0.25) is 10.1 Å². The number of anilines is 1. The van der Waals surface area contributed by atoms with E-state index in [1.54, 1.807) is 6.07 Å². The molecule has 1 atom stereocenters. The number of nitrogens with one attached hydrogen (secondary N) is 1. The summed E-state index contributed by atoms with van der Waals surface area (Å²) in [7, 11) is -3.70. The first-order valence-corrected chi connectivity index (χ1v) is 11.1. The van der Waals surface area contributed by atoms with Crippen molar-refractivity contribution in [2.75, 3.05) is 50.7 Å². The highest BCUT2D eigenvalue weighted by Gasteiger charge is 2.32. The number of sulfonamides is 1. The summed E-state index contributed by atoms with van der Waals surface area (Å²) in [6.07, 6.45) is 1.83. The second kappa shape index (κ2) is 8.12. The van der Waals surface area contributed by atoms with Crippen molar-refractivity contribution in [3.8, 4) is 0 Å². The Hall–Kier alpha value is -1.71. The van der Waals surface area contributed by atoms with Crippen LogP contribution in [-0.2, 0) is 10.0 Å².